The molecular weight excluding hydrogens is 308 g/mol. The smallest absolute Gasteiger partial charge is 0.251 e. The van der Waals surface area contributed by atoms with Gasteiger partial charge < -0.3 is 9.88 Å². The molecule has 1 fully saturated rings. The zero-order chi connectivity index (χ0) is 13.8. The van der Waals surface area contributed by atoms with Crippen molar-refractivity contribution in [3.05, 3.63) is 33.2 Å². The average Bonchev–Trinajstić information content (AvgIpc) is 2.37. The summed E-state index contributed by atoms with van der Waals surface area (Å²) in [4.78, 5) is 23.6. The fourth-order valence-electron chi connectivity index (χ4n) is 2.56. The summed E-state index contributed by atoms with van der Waals surface area (Å²) in [6.45, 7) is 2.26. The van der Waals surface area contributed by atoms with Crippen LogP contribution < -0.4 is 10.9 Å². The summed E-state index contributed by atoms with van der Waals surface area (Å²) < 4.78 is 2.22. The molecule has 1 aromatic rings. The highest BCUT2D eigenvalue weighted by Crippen LogP contribution is 2.23. The van der Waals surface area contributed by atoms with Gasteiger partial charge in [-0.2, -0.15) is 0 Å². The second kappa shape index (κ2) is 6.37. The molecule has 1 aromatic heterocycles. The Morgan fingerprint density at radius 3 is 2.89 bits per heavy atom. The Morgan fingerprint density at radius 2 is 2.16 bits per heavy atom. The number of carbonyl (C=O) groups excluding carboxylic acids is 1. The number of rotatable bonds is 3. The highest BCUT2D eigenvalue weighted by molar-refractivity contribution is 9.10. The minimum atomic E-state index is -0.157. The third-order valence-corrected chi connectivity index (χ3v) is 4.19. The molecule has 1 saturated carbocycles. The number of pyridine rings is 1. The van der Waals surface area contributed by atoms with Gasteiger partial charge in [-0.1, -0.05) is 19.8 Å². The van der Waals surface area contributed by atoms with Crippen molar-refractivity contribution in [1.29, 1.82) is 0 Å². The molecule has 4 nitrogen and oxygen atoms in total. The van der Waals surface area contributed by atoms with Gasteiger partial charge >= 0.3 is 0 Å². The topological polar surface area (TPSA) is 51.1 Å². The van der Waals surface area contributed by atoms with Gasteiger partial charge in [-0.3, -0.25) is 9.59 Å². The molecule has 0 aliphatic heterocycles. The van der Waals surface area contributed by atoms with Crippen LogP contribution in [-0.2, 0) is 11.3 Å². The van der Waals surface area contributed by atoms with E-state index >= 15 is 0 Å². The molecule has 2 atom stereocenters. The van der Waals surface area contributed by atoms with Gasteiger partial charge in [0.1, 0.15) is 6.54 Å². The second-order valence-electron chi connectivity index (χ2n) is 5.25. The molecule has 2 rings (SSSR count). The van der Waals surface area contributed by atoms with E-state index in [4.69, 9.17) is 0 Å². The predicted octanol–water partition coefficient (Wildman–Crippen LogP) is 2.31. The maximum atomic E-state index is 12.0. The van der Waals surface area contributed by atoms with Crippen LogP contribution in [0, 0.1) is 5.92 Å². The van der Waals surface area contributed by atoms with Crippen LogP contribution in [0.3, 0.4) is 0 Å². The first kappa shape index (κ1) is 14.3. The van der Waals surface area contributed by atoms with Crippen molar-refractivity contribution in [3.8, 4) is 0 Å². The monoisotopic (exact) mass is 326 g/mol. The molecule has 5 heteroatoms. The summed E-state index contributed by atoms with van der Waals surface area (Å²) in [6, 6.07) is 3.39. The molecular formula is C14H19BrN2O2. The largest absolute Gasteiger partial charge is 0.352 e. The Labute approximate surface area is 121 Å². The van der Waals surface area contributed by atoms with Crippen molar-refractivity contribution < 1.29 is 4.79 Å². The minimum absolute atomic E-state index is 0.0843. The van der Waals surface area contributed by atoms with Crippen LogP contribution in [0.15, 0.2) is 27.6 Å². The standard InChI is InChI=1S/C14H19BrN2O2/c1-10-4-2-3-5-12(10)16-13(18)9-17-8-11(15)6-7-14(17)19/h6-8,10,12H,2-5,9H2,1H3,(H,16,18). The van der Waals surface area contributed by atoms with E-state index in [-0.39, 0.29) is 24.1 Å². The van der Waals surface area contributed by atoms with Gasteiger partial charge in [0.05, 0.1) is 0 Å². The zero-order valence-corrected chi connectivity index (χ0v) is 12.6. The van der Waals surface area contributed by atoms with Gasteiger partial charge in [-0.25, -0.2) is 0 Å². The van der Waals surface area contributed by atoms with E-state index < -0.39 is 0 Å². The van der Waals surface area contributed by atoms with E-state index in [0.717, 1.165) is 10.9 Å². The Hall–Kier alpha value is -1.10. The Balaban J connectivity index is 1.97. The highest BCUT2D eigenvalue weighted by atomic mass is 79.9. The molecule has 0 saturated heterocycles. The first-order chi connectivity index (χ1) is 9.06. The molecule has 1 N–H and O–H groups in total. The summed E-state index contributed by atoms with van der Waals surface area (Å²) >= 11 is 3.30. The van der Waals surface area contributed by atoms with Crippen molar-refractivity contribution in [2.24, 2.45) is 5.92 Å². The van der Waals surface area contributed by atoms with E-state index in [1.165, 1.54) is 29.9 Å². The van der Waals surface area contributed by atoms with Gasteiger partial charge in [-0.05, 0) is 40.8 Å². The van der Waals surface area contributed by atoms with Crippen LogP contribution in [0.1, 0.15) is 32.6 Å². The number of halogens is 1. The van der Waals surface area contributed by atoms with Crippen molar-refractivity contribution in [2.75, 3.05) is 0 Å². The first-order valence-corrected chi connectivity index (χ1v) is 7.51. The van der Waals surface area contributed by atoms with Crippen LogP contribution in [0.4, 0.5) is 0 Å². The summed E-state index contributed by atoms with van der Waals surface area (Å²) in [5.74, 6) is 0.441. The lowest BCUT2D eigenvalue weighted by atomic mass is 9.86. The molecule has 104 valence electrons. The van der Waals surface area contributed by atoms with Crippen LogP contribution in [0.2, 0.25) is 0 Å². The number of nitrogens with zero attached hydrogens (tertiary/aromatic N) is 1. The van der Waals surface area contributed by atoms with Crippen molar-refractivity contribution in [2.45, 2.75) is 45.2 Å². The fourth-order valence-corrected chi connectivity index (χ4v) is 2.94. The van der Waals surface area contributed by atoms with Crippen LogP contribution in [0.25, 0.3) is 0 Å². The van der Waals surface area contributed by atoms with E-state index in [1.54, 1.807) is 12.3 Å². The molecule has 1 amide bonds. The van der Waals surface area contributed by atoms with Crippen LogP contribution in [-0.4, -0.2) is 16.5 Å². The Morgan fingerprint density at radius 1 is 1.42 bits per heavy atom. The van der Waals surface area contributed by atoms with Crippen LogP contribution in [0.5, 0.6) is 0 Å². The molecule has 19 heavy (non-hydrogen) atoms. The molecule has 0 radical (unpaired) electrons. The predicted molar refractivity (Wildman–Crippen MR) is 78.0 cm³/mol. The highest BCUT2D eigenvalue weighted by Gasteiger charge is 2.22. The third-order valence-electron chi connectivity index (χ3n) is 3.72. The average molecular weight is 327 g/mol. The second-order valence-corrected chi connectivity index (χ2v) is 6.16. The molecule has 0 aromatic carbocycles. The van der Waals surface area contributed by atoms with E-state index in [9.17, 15) is 9.59 Å². The Bertz CT molecular complexity index is 512. The zero-order valence-electron chi connectivity index (χ0n) is 11.1. The molecule has 1 aliphatic rings. The lowest BCUT2D eigenvalue weighted by molar-refractivity contribution is -0.123. The molecule has 1 aliphatic carbocycles. The van der Waals surface area contributed by atoms with E-state index in [0.29, 0.717) is 5.92 Å². The number of amides is 1. The van der Waals surface area contributed by atoms with Gasteiger partial charge in [0, 0.05) is 22.8 Å². The van der Waals surface area contributed by atoms with Gasteiger partial charge in [0.15, 0.2) is 0 Å². The van der Waals surface area contributed by atoms with Crippen molar-refractivity contribution >= 4 is 21.8 Å². The molecule has 0 spiro atoms. The maximum Gasteiger partial charge on any atom is 0.251 e. The molecule has 2 unspecified atom stereocenters. The van der Waals surface area contributed by atoms with Crippen LogP contribution >= 0.6 is 15.9 Å². The number of hydrogen-bond acceptors (Lipinski definition) is 2. The first-order valence-electron chi connectivity index (χ1n) is 6.71. The van der Waals surface area contributed by atoms with E-state index in [1.807, 2.05) is 0 Å². The van der Waals surface area contributed by atoms with Gasteiger partial charge in [0.25, 0.3) is 5.56 Å². The third kappa shape index (κ3) is 3.93. The summed E-state index contributed by atoms with van der Waals surface area (Å²) in [6.07, 6.45) is 6.28. The van der Waals surface area contributed by atoms with Gasteiger partial charge in [-0.15, -0.1) is 0 Å². The summed E-state index contributed by atoms with van der Waals surface area (Å²) in [5, 5.41) is 3.05. The fraction of sp³-hybridized carbons (Fsp3) is 0.571. The lowest BCUT2D eigenvalue weighted by Gasteiger charge is -2.29. The van der Waals surface area contributed by atoms with Crippen molar-refractivity contribution in [3.63, 3.8) is 0 Å². The quantitative estimate of drug-likeness (QED) is 0.926. The summed E-state index contributed by atoms with van der Waals surface area (Å²) in [5.41, 5.74) is -0.157. The minimum Gasteiger partial charge on any atom is -0.352 e. The maximum absolute atomic E-state index is 12.0. The normalized spacial score (nSPS) is 23.1. The van der Waals surface area contributed by atoms with Gasteiger partial charge in [0.2, 0.25) is 5.91 Å². The lowest BCUT2D eigenvalue weighted by Crippen LogP contribution is -2.43. The molecule has 1 heterocycles. The molecule has 0 bridgehead atoms. The SMILES string of the molecule is CC1CCCCC1NC(=O)Cn1cc(Br)ccc1=O. The summed E-state index contributed by atoms with van der Waals surface area (Å²) in [7, 11) is 0. The number of nitrogens with one attached hydrogen (secondary N) is 1. The van der Waals surface area contributed by atoms with Crippen molar-refractivity contribution in [1.82, 2.24) is 9.88 Å². The Kier molecular flexibility index (Phi) is 4.80. The van der Waals surface area contributed by atoms with E-state index in [2.05, 4.69) is 28.2 Å². The number of aromatic nitrogens is 1. The number of hydrogen-bond donors (Lipinski definition) is 1. The number of carbonyl (C=O) groups is 1.